The minimum absolute atomic E-state index is 0.293. The highest BCUT2D eigenvalue weighted by Crippen LogP contribution is 2.26. The number of carbonyl (C=O) groups is 1. The highest BCUT2D eigenvalue weighted by molar-refractivity contribution is 5.89. The second-order valence-electron chi connectivity index (χ2n) is 5.36. The van der Waals surface area contributed by atoms with Gasteiger partial charge in [-0.1, -0.05) is 18.2 Å². The van der Waals surface area contributed by atoms with Gasteiger partial charge in [-0.15, -0.1) is 0 Å². The van der Waals surface area contributed by atoms with Gasteiger partial charge in [-0.2, -0.15) is 0 Å². The number of piperidine rings is 1. The van der Waals surface area contributed by atoms with Crippen molar-refractivity contribution in [2.24, 2.45) is 0 Å². The summed E-state index contributed by atoms with van der Waals surface area (Å²) in [5.41, 5.74) is 3.09. The van der Waals surface area contributed by atoms with Crippen molar-refractivity contribution < 1.29 is 9.90 Å². The van der Waals surface area contributed by atoms with Gasteiger partial charge in [-0.3, -0.25) is 4.98 Å². The van der Waals surface area contributed by atoms with Crippen molar-refractivity contribution in [1.29, 1.82) is 0 Å². The molecule has 2 aromatic rings. The summed E-state index contributed by atoms with van der Waals surface area (Å²) >= 11 is 0. The molecule has 1 saturated heterocycles. The lowest BCUT2D eigenvalue weighted by molar-refractivity contribution is 0.0697. The van der Waals surface area contributed by atoms with Gasteiger partial charge in [0.15, 0.2) is 0 Å². The average molecular weight is 282 g/mol. The Morgan fingerprint density at radius 3 is 2.67 bits per heavy atom. The Labute approximate surface area is 123 Å². The van der Waals surface area contributed by atoms with Crippen LogP contribution >= 0.6 is 0 Å². The Morgan fingerprint density at radius 1 is 1.14 bits per heavy atom. The van der Waals surface area contributed by atoms with E-state index in [2.05, 4.69) is 11.4 Å². The fourth-order valence-corrected chi connectivity index (χ4v) is 2.77. The second kappa shape index (κ2) is 6.06. The highest BCUT2D eigenvalue weighted by Gasteiger charge is 2.17. The molecule has 4 nitrogen and oxygen atoms in total. The van der Waals surface area contributed by atoms with Crippen LogP contribution in [-0.4, -0.2) is 29.1 Å². The van der Waals surface area contributed by atoms with E-state index in [0.29, 0.717) is 11.5 Å². The molecule has 0 amide bonds. The smallest absolute Gasteiger partial charge is 0.335 e. The van der Waals surface area contributed by atoms with Crippen molar-refractivity contribution in [2.75, 3.05) is 13.1 Å². The maximum Gasteiger partial charge on any atom is 0.335 e. The van der Waals surface area contributed by atoms with Crippen molar-refractivity contribution in [3.8, 4) is 11.3 Å². The van der Waals surface area contributed by atoms with Crippen LogP contribution in [0.2, 0.25) is 0 Å². The summed E-state index contributed by atoms with van der Waals surface area (Å²) in [6, 6.07) is 13.0. The fraction of sp³-hybridized carbons (Fsp3) is 0.294. The van der Waals surface area contributed by atoms with Crippen LogP contribution < -0.4 is 5.32 Å². The summed E-state index contributed by atoms with van der Waals surface area (Å²) in [4.78, 5) is 15.8. The van der Waals surface area contributed by atoms with E-state index in [1.54, 1.807) is 18.2 Å². The minimum atomic E-state index is -0.911. The molecular weight excluding hydrogens is 264 g/mol. The molecule has 0 aliphatic carbocycles. The maximum atomic E-state index is 11.1. The van der Waals surface area contributed by atoms with Gasteiger partial charge >= 0.3 is 5.97 Å². The van der Waals surface area contributed by atoms with E-state index < -0.39 is 5.97 Å². The zero-order valence-electron chi connectivity index (χ0n) is 11.7. The van der Waals surface area contributed by atoms with E-state index in [4.69, 9.17) is 10.1 Å². The predicted molar refractivity (Wildman–Crippen MR) is 81.5 cm³/mol. The van der Waals surface area contributed by atoms with Crippen LogP contribution in [0.25, 0.3) is 11.3 Å². The van der Waals surface area contributed by atoms with Crippen LogP contribution in [0.1, 0.15) is 34.8 Å². The monoisotopic (exact) mass is 282 g/mol. The standard InChI is InChI=1S/C17H18N2O2/c20-17(21)14-4-1-3-13(11-14)16-6-2-5-15(19-16)12-7-9-18-10-8-12/h1-6,11-12,18H,7-10H2,(H,20,21). The Balaban J connectivity index is 1.92. The van der Waals surface area contributed by atoms with Gasteiger partial charge in [-0.25, -0.2) is 4.79 Å². The molecule has 2 heterocycles. The largest absolute Gasteiger partial charge is 0.478 e. The molecule has 0 atom stereocenters. The quantitative estimate of drug-likeness (QED) is 0.908. The highest BCUT2D eigenvalue weighted by atomic mass is 16.4. The molecule has 3 rings (SSSR count). The number of rotatable bonds is 3. The molecular formula is C17H18N2O2. The van der Waals surface area contributed by atoms with E-state index in [9.17, 15) is 4.79 Å². The van der Waals surface area contributed by atoms with E-state index in [1.807, 2.05) is 18.2 Å². The third-order valence-electron chi connectivity index (χ3n) is 3.93. The average Bonchev–Trinajstić information content (AvgIpc) is 2.56. The van der Waals surface area contributed by atoms with Crippen LogP contribution in [0.4, 0.5) is 0 Å². The van der Waals surface area contributed by atoms with E-state index in [0.717, 1.165) is 42.9 Å². The Hall–Kier alpha value is -2.20. The number of benzene rings is 1. The molecule has 21 heavy (non-hydrogen) atoms. The first kappa shape index (κ1) is 13.8. The van der Waals surface area contributed by atoms with E-state index >= 15 is 0 Å². The van der Waals surface area contributed by atoms with Crippen molar-refractivity contribution in [3.63, 3.8) is 0 Å². The number of pyridine rings is 1. The third-order valence-corrected chi connectivity index (χ3v) is 3.93. The Bertz CT molecular complexity index is 649. The molecule has 1 aromatic carbocycles. The second-order valence-corrected chi connectivity index (χ2v) is 5.36. The van der Waals surface area contributed by atoms with Crippen LogP contribution in [0.3, 0.4) is 0 Å². The van der Waals surface area contributed by atoms with Crippen molar-refractivity contribution in [3.05, 3.63) is 53.7 Å². The van der Waals surface area contributed by atoms with Crippen LogP contribution in [0, 0.1) is 0 Å². The molecule has 0 unspecified atom stereocenters. The summed E-state index contributed by atoms with van der Waals surface area (Å²) < 4.78 is 0. The van der Waals surface area contributed by atoms with E-state index in [1.165, 1.54) is 0 Å². The summed E-state index contributed by atoms with van der Waals surface area (Å²) in [7, 11) is 0. The summed E-state index contributed by atoms with van der Waals surface area (Å²) in [5, 5.41) is 12.4. The topological polar surface area (TPSA) is 62.2 Å². The Morgan fingerprint density at radius 2 is 1.90 bits per heavy atom. The number of nitrogens with one attached hydrogen (secondary N) is 1. The van der Waals surface area contributed by atoms with Gasteiger partial charge in [0.2, 0.25) is 0 Å². The fourth-order valence-electron chi connectivity index (χ4n) is 2.77. The number of aromatic nitrogens is 1. The van der Waals surface area contributed by atoms with Crippen molar-refractivity contribution in [1.82, 2.24) is 10.3 Å². The van der Waals surface area contributed by atoms with E-state index in [-0.39, 0.29) is 0 Å². The van der Waals surface area contributed by atoms with Crippen LogP contribution in [-0.2, 0) is 0 Å². The lowest BCUT2D eigenvalue weighted by atomic mass is 9.93. The number of carboxylic acids is 1. The maximum absolute atomic E-state index is 11.1. The molecule has 0 spiro atoms. The third kappa shape index (κ3) is 3.11. The molecule has 0 radical (unpaired) electrons. The first-order chi connectivity index (χ1) is 10.2. The summed E-state index contributed by atoms with van der Waals surface area (Å²) in [6.45, 7) is 2.07. The summed E-state index contributed by atoms with van der Waals surface area (Å²) in [6.07, 6.45) is 2.21. The van der Waals surface area contributed by atoms with Crippen LogP contribution in [0.15, 0.2) is 42.5 Å². The minimum Gasteiger partial charge on any atom is -0.478 e. The van der Waals surface area contributed by atoms with Gasteiger partial charge in [0.25, 0.3) is 0 Å². The molecule has 1 aromatic heterocycles. The van der Waals surface area contributed by atoms with Crippen molar-refractivity contribution in [2.45, 2.75) is 18.8 Å². The molecule has 0 saturated carbocycles. The first-order valence-corrected chi connectivity index (χ1v) is 7.25. The Kier molecular flexibility index (Phi) is 3.97. The van der Waals surface area contributed by atoms with Crippen molar-refractivity contribution >= 4 is 5.97 Å². The number of nitrogens with zero attached hydrogens (tertiary/aromatic N) is 1. The molecule has 0 bridgehead atoms. The normalized spacial score (nSPS) is 15.8. The van der Waals surface area contributed by atoms with Crippen LogP contribution in [0.5, 0.6) is 0 Å². The zero-order chi connectivity index (χ0) is 14.7. The van der Waals surface area contributed by atoms with Gasteiger partial charge in [0.1, 0.15) is 0 Å². The van der Waals surface area contributed by atoms with Gasteiger partial charge in [0, 0.05) is 17.2 Å². The molecule has 1 fully saturated rings. The number of carboxylic acid groups (broad SMARTS) is 1. The molecule has 108 valence electrons. The lowest BCUT2D eigenvalue weighted by Gasteiger charge is -2.22. The zero-order valence-corrected chi connectivity index (χ0v) is 11.7. The van der Waals surface area contributed by atoms with Gasteiger partial charge < -0.3 is 10.4 Å². The molecule has 4 heteroatoms. The number of hydrogen-bond acceptors (Lipinski definition) is 3. The number of hydrogen-bond donors (Lipinski definition) is 2. The summed E-state index contributed by atoms with van der Waals surface area (Å²) in [5.74, 6) is -0.416. The predicted octanol–water partition coefficient (Wildman–Crippen LogP) is 2.91. The first-order valence-electron chi connectivity index (χ1n) is 7.25. The molecule has 2 N–H and O–H groups in total. The number of aromatic carboxylic acids is 1. The van der Waals surface area contributed by atoms with Gasteiger partial charge in [0.05, 0.1) is 11.3 Å². The molecule has 1 aliphatic rings. The van der Waals surface area contributed by atoms with Gasteiger partial charge in [-0.05, 0) is 50.2 Å². The SMILES string of the molecule is O=C(O)c1cccc(-c2cccc(C3CCNCC3)n2)c1. The molecule has 1 aliphatic heterocycles. The lowest BCUT2D eigenvalue weighted by Crippen LogP contribution is -2.27.